The highest BCUT2D eigenvalue weighted by Crippen LogP contribution is 2.38. The van der Waals surface area contributed by atoms with Gasteiger partial charge in [-0.2, -0.15) is 0 Å². The average Bonchev–Trinajstić information content (AvgIpc) is 3.35. The average molecular weight is 413 g/mol. The summed E-state index contributed by atoms with van der Waals surface area (Å²) in [6, 6.07) is 13.0. The Kier molecular flexibility index (Phi) is 3.92. The third-order valence-electron chi connectivity index (χ3n) is 4.94. The Morgan fingerprint density at radius 1 is 1.07 bits per heavy atom. The number of carbonyl (C=O) groups is 1. The Morgan fingerprint density at radius 2 is 1.82 bits per heavy atom. The lowest BCUT2D eigenvalue weighted by Crippen LogP contribution is -2.30. The molecular weight excluding hydrogens is 399 g/mol. The number of benzene rings is 2. The topological polar surface area (TPSA) is 64.2 Å². The van der Waals surface area contributed by atoms with Crippen LogP contribution in [0, 0.1) is 6.92 Å². The first kappa shape index (κ1) is 17.3. The van der Waals surface area contributed by atoms with Gasteiger partial charge in [0.05, 0.1) is 21.1 Å². The number of imidazole rings is 1. The van der Waals surface area contributed by atoms with Gasteiger partial charge in [0.2, 0.25) is 5.95 Å². The molecule has 2 aromatic carbocycles. The van der Waals surface area contributed by atoms with Crippen molar-refractivity contribution in [1.82, 2.24) is 14.7 Å². The van der Waals surface area contributed by atoms with Crippen LogP contribution in [0.4, 0.5) is 5.95 Å². The number of hydrogen-bond donors (Lipinski definition) is 0. The Morgan fingerprint density at radius 3 is 2.61 bits per heavy atom. The molecule has 0 saturated heterocycles. The van der Waals surface area contributed by atoms with Crippen LogP contribution in [0.2, 0.25) is 10.0 Å². The number of carbonyl (C=O) groups excluding carboxylic acids is 1. The van der Waals surface area contributed by atoms with Crippen molar-refractivity contribution in [2.45, 2.75) is 13.5 Å². The number of nitrogens with zero attached hydrogens (tertiary/aromatic N) is 4. The van der Waals surface area contributed by atoms with Gasteiger partial charge in [0.15, 0.2) is 0 Å². The summed E-state index contributed by atoms with van der Waals surface area (Å²) in [4.78, 5) is 19.8. The van der Waals surface area contributed by atoms with E-state index in [1.54, 1.807) is 30.0 Å². The van der Waals surface area contributed by atoms with E-state index in [2.05, 4.69) is 10.1 Å². The van der Waals surface area contributed by atoms with Crippen LogP contribution < -0.4 is 4.90 Å². The maximum absolute atomic E-state index is 13.5. The van der Waals surface area contributed by atoms with Crippen LogP contribution in [0.5, 0.6) is 0 Å². The van der Waals surface area contributed by atoms with Crippen LogP contribution in [-0.2, 0) is 6.54 Å². The molecule has 0 N–H and O–H groups in total. The van der Waals surface area contributed by atoms with Gasteiger partial charge >= 0.3 is 0 Å². The van der Waals surface area contributed by atoms with Crippen LogP contribution >= 0.6 is 23.2 Å². The number of rotatable bonds is 2. The van der Waals surface area contributed by atoms with Crippen LogP contribution in [0.3, 0.4) is 0 Å². The zero-order valence-corrected chi connectivity index (χ0v) is 16.3. The molecule has 140 valence electrons. The van der Waals surface area contributed by atoms with Crippen LogP contribution in [0.1, 0.15) is 16.1 Å². The highest BCUT2D eigenvalue weighted by Gasteiger charge is 2.34. The van der Waals surface area contributed by atoms with Crippen molar-refractivity contribution < 1.29 is 9.32 Å². The van der Waals surface area contributed by atoms with E-state index >= 15 is 0 Å². The summed E-state index contributed by atoms with van der Waals surface area (Å²) in [5.41, 5.74) is 3.03. The minimum absolute atomic E-state index is 0.237. The molecule has 1 aliphatic heterocycles. The number of halogens is 2. The number of para-hydroxylation sites is 2. The van der Waals surface area contributed by atoms with Crippen molar-refractivity contribution >= 4 is 46.1 Å². The van der Waals surface area contributed by atoms with Gasteiger partial charge in [0.25, 0.3) is 5.91 Å². The third kappa shape index (κ3) is 2.45. The maximum Gasteiger partial charge on any atom is 0.266 e. The van der Waals surface area contributed by atoms with Gasteiger partial charge in [-0.25, -0.2) is 4.98 Å². The number of hydrogen-bond acceptors (Lipinski definition) is 4. The number of aromatic nitrogens is 3. The third-order valence-corrected chi connectivity index (χ3v) is 5.57. The summed E-state index contributed by atoms with van der Waals surface area (Å²) in [5.74, 6) is 0.785. The van der Waals surface area contributed by atoms with Crippen molar-refractivity contribution in [3.63, 3.8) is 0 Å². The van der Waals surface area contributed by atoms with E-state index in [0.717, 1.165) is 11.0 Å². The fourth-order valence-electron chi connectivity index (χ4n) is 3.64. The molecule has 0 unspecified atom stereocenters. The first-order valence-electron chi connectivity index (χ1n) is 8.74. The summed E-state index contributed by atoms with van der Waals surface area (Å²) >= 11 is 12.7. The number of anilines is 1. The molecule has 0 bridgehead atoms. The molecular formula is C20H14Cl2N4O2. The molecule has 1 amide bonds. The second-order valence-corrected chi connectivity index (χ2v) is 7.38. The van der Waals surface area contributed by atoms with Gasteiger partial charge in [-0.05, 0) is 31.2 Å². The second kappa shape index (κ2) is 6.36. The highest BCUT2D eigenvalue weighted by molar-refractivity contribution is 6.39. The zero-order valence-electron chi connectivity index (χ0n) is 14.8. The largest absolute Gasteiger partial charge is 0.360 e. The van der Waals surface area contributed by atoms with E-state index in [4.69, 9.17) is 27.7 Å². The standard InChI is InChI=1S/C20H14Cl2N4O2/c1-11-16(18(24-28-11)17-12(21)5-4-6-13(17)22)19(27)26-10-9-25-15-8-3-2-7-14(15)23-20(25)26/h2-8H,9-10H2,1H3. The van der Waals surface area contributed by atoms with E-state index in [-0.39, 0.29) is 5.91 Å². The molecule has 0 radical (unpaired) electrons. The molecule has 3 heterocycles. The molecule has 6 nitrogen and oxygen atoms in total. The zero-order chi connectivity index (χ0) is 19.4. The lowest BCUT2D eigenvalue weighted by Gasteiger charge is -2.14. The minimum Gasteiger partial charge on any atom is -0.360 e. The van der Waals surface area contributed by atoms with Gasteiger partial charge in [0, 0.05) is 18.7 Å². The van der Waals surface area contributed by atoms with Crippen LogP contribution in [0.25, 0.3) is 22.3 Å². The molecule has 5 rings (SSSR count). The van der Waals surface area contributed by atoms with Crippen molar-refractivity contribution in [3.05, 3.63) is 63.8 Å². The Balaban J connectivity index is 1.63. The first-order chi connectivity index (χ1) is 13.6. The molecule has 8 heteroatoms. The van der Waals surface area contributed by atoms with E-state index < -0.39 is 0 Å². The SMILES string of the molecule is Cc1onc(-c2c(Cl)cccc2Cl)c1C(=O)N1CCn2c1nc1ccccc12. The van der Waals surface area contributed by atoms with Crippen LogP contribution in [-0.4, -0.2) is 27.2 Å². The van der Waals surface area contributed by atoms with Gasteiger partial charge in [-0.15, -0.1) is 0 Å². The minimum atomic E-state index is -0.237. The molecule has 1 aliphatic rings. The van der Waals surface area contributed by atoms with Crippen molar-refractivity contribution in [2.75, 3.05) is 11.4 Å². The fraction of sp³-hybridized carbons (Fsp3) is 0.150. The van der Waals surface area contributed by atoms with Crippen molar-refractivity contribution in [1.29, 1.82) is 0 Å². The van der Waals surface area contributed by atoms with Gasteiger partial charge in [-0.3, -0.25) is 9.69 Å². The first-order valence-corrected chi connectivity index (χ1v) is 9.49. The summed E-state index contributed by atoms with van der Waals surface area (Å²) in [5, 5.41) is 4.89. The predicted octanol–water partition coefficient (Wildman–Crippen LogP) is 4.97. The van der Waals surface area contributed by atoms with Crippen molar-refractivity contribution in [2.24, 2.45) is 0 Å². The summed E-state index contributed by atoms with van der Waals surface area (Å²) < 4.78 is 7.39. The molecule has 0 saturated carbocycles. The van der Waals surface area contributed by atoms with Crippen LogP contribution in [0.15, 0.2) is 47.0 Å². The monoisotopic (exact) mass is 412 g/mol. The van der Waals surface area contributed by atoms with Gasteiger partial charge < -0.3 is 9.09 Å². The Bertz CT molecular complexity index is 1220. The molecule has 0 spiro atoms. The normalized spacial score (nSPS) is 13.3. The van der Waals surface area contributed by atoms with E-state index in [1.165, 1.54) is 0 Å². The van der Waals surface area contributed by atoms with E-state index in [0.29, 0.717) is 51.7 Å². The number of fused-ring (bicyclic) bond motifs is 3. The predicted molar refractivity (Wildman–Crippen MR) is 108 cm³/mol. The highest BCUT2D eigenvalue weighted by atomic mass is 35.5. The summed E-state index contributed by atoms with van der Waals surface area (Å²) in [7, 11) is 0. The van der Waals surface area contributed by atoms with E-state index in [9.17, 15) is 4.79 Å². The van der Waals surface area contributed by atoms with Gasteiger partial charge in [0.1, 0.15) is 17.0 Å². The molecule has 2 aromatic heterocycles. The summed E-state index contributed by atoms with van der Waals surface area (Å²) in [6.45, 7) is 2.90. The fourth-order valence-corrected chi connectivity index (χ4v) is 4.21. The lowest BCUT2D eigenvalue weighted by molar-refractivity contribution is 0.0988. The lowest BCUT2D eigenvalue weighted by atomic mass is 10.0. The molecule has 28 heavy (non-hydrogen) atoms. The second-order valence-electron chi connectivity index (χ2n) is 6.57. The Labute approximate surface area is 170 Å². The van der Waals surface area contributed by atoms with E-state index in [1.807, 2.05) is 28.8 Å². The maximum atomic E-state index is 13.5. The number of amides is 1. The smallest absolute Gasteiger partial charge is 0.266 e. The molecule has 4 aromatic rings. The molecule has 0 aliphatic carbocycles. The quantitative estimate of drug-likeness (QED) is 0.466. The van der Waals surface area contributed by atoms with Crippen molar-refractivity contribution in [3.8, 4) is 11.3 Å². The Hall–Kier alpha value is -2.83. The molecule has 0 atom stereocenters. The number of aryl methyl sites for hydroxylation is 1. The van der Waals surface area contributed by atoms with Gasteiger partial charge in [-0.1, -0.05) is 46.6 Å². The molecule has 0 fully saturated rings. The summed E-state index contributed by atoms with van der Waals surface area (Å²) in [6.07, 6.45) is 0.